The van der Waals surface area contributed by atoms with Gasteiger partial charge in [0.2, 0.25) is 5.91 Å². The number of hydrogen-bond donors (Lipinski definition) is 3. The molecule has 3 aliphatic heterocycles. The molecule has 0 aromatic carbocycles. The topological polar surface area (TPSA) is 99.5 Å². The molecule has 2 fully saturated rings. The van der Waals surface area contributed by atoms with Crippen molar-refractivity contribution in [3.8, 4) is 6.07 Å². The fourth-order valence-corrected chi connectivity index (χ4v) is 3.99. The Hall–Kier alpha value is -2.79. The van der Waals surface area contributed by atoms with Gasteiger partial charge in [0.1, 0.15) is 17.6 Å². The van der Waals surface area contributed by atoms with Crippen molar-refractivity contribution in [3.63, 3.8) is 0 Å². The van der Waals surface area contributed by atoms with Gasteiger partial charge in [-0.2, -0.15) is 5.26 Å². The Labute approximate surface area is 145 Å². The highest BCUT2D eigenvalue weighted by Crippen LogP contribution is 2.47. The molecule has 0 bridgehead atoms. The van der Waals surface area contributed by atoms with Crippen LogP contribution in [0.1, 0.15) is 31.2 Å². The minimum Gasteiger partial charge on any atom is -0.346 e. The molecule has 5 rings (SSSR count). The van der Waals surface area contributed by atoms with Gasteiger partial charge in [-0.25, -0.2) is 10.0 Å². The number of nitriles is 1. The van der Waals surface area contributed by atoms with Crippen molar-refractivity contribution in [2.24, 2.45) is 16.3 Å². The summed E-state index contributed by atoms with van der Waals surface area (Å²) in [5.41, 5.74) is 8.86. The van der Waals surface area contributed by atoms with Gasteiger partial charge in [-0.15, -0.1) is 5.53 Å². The van der Waals surface area contributed by atoms with Gasteiger partial charge in [0.25, 0.3) is 0 Å². The zero-order valence-corrected chi connectivity index (χ0v) is 13.7. The molecule has 128 valence electrons. The molecule has 1 amide bonds. The molecule has 3 N–H and O–H groups in total. The normalized spacial score (nSPS) is 26.0. The number of fused-ring (bicyclic) bond motifs is 3. The molecule has 25 heavy (non-hydrogen) atoms. The summed E-state index contributed by atoms with van der Waals surface area (Å²) in [6.45, 7) is 1.40. The van der Waals surface area contributed by atoms with E-state index in [4.69, 9.17) is 0 Å². The fourth-order valence-electron chi connectivity index (χ4n) is 3.99. The van der Waals surface area contributed by atoms with E-state index in [1.54, 1.807) is 6.34 Å². The number of aromatic amines is 1. The summed E-state index contributed by atoms with van der Waals surface area (Å²) < 4.78 is 0. The summed E-state index contributed by atoms with van der Waals surface area (Å²) in [6.07, 6.45) is 7.00. The lowest BCUT2D eigenvalue weighted by Crippen LogP contribution is -2.45. The van der Waals surface area contributed by atoms with E-state index in [-0.39, 0.29) is 11.8 Å². The SMILES string of the molecule is N#CC1(C(=O)N2CCC[C@H](C3=C4c5cc[nH]c5N=CN4NN3)C2)CC1. The first-order chi connectivity index (χ1) is 12.2. The van der Waals surface area contributed by atoms with Crippen LogP contribution in [0.15, 0.2) is 23.0 Å². The number of nitrogens with zero attached hydrogens (tertiary/aromatic N) is 4. The number of rotatable bonds is 2. The molecule has 1 saturated heterocycles. The first-order valence-electron chi connectivity index (χ1n) is 8.69. The van der Waals surface area contributed by atoms with Crippen LogP contribution in [-0.4, -0.2) is 40.2 Å². The lowest BCUT2D eigenvalue weighted by Gasteiger charge is -2.34. The Morgan fingerprint density at radius 3 is 3.12 bits per heavy atom. The van der Waals surface area contributed by atoms with Gasteiger partial charge in [-0.1, -0.05) is 0 Å². The number of H-pyrrole nitrogens is 1. The van der Waals surface area contributed by atoms with E-state index in [0.29, 0.717) is 19.4 Å². The van der Waals surface area contributed by atoms with Gasteiger partial charge in [0, 0.05) is 30.8 Å². The largest absolute Gasteiger partial charge is 0.346 e. The standard InChI is InChI=1S/C17H19N7O/c18-9-17(4-5-17)16(25)23-7-1-2-11(8-23)13-14-12-3-6-19-15(12)20-10-24(14)22-21-13/h3,6,10-11,19,21-22H,1-2,4-5,7-8H2/t11-/m0/s1. The van der Waals surface area contributed by atoms with Crippen LogP contribution in [0.2, 0.25) is 0 Å². The number of hydrogen-bond acceptors (Lipinski definition) is 6. The van der Waals surface area contributed by atoms with Crippen molar-refractivity contribution in [1.29, 1.82) is 5.26 Å². The summed E-state index contributed by atoms with van der Waals surface area (Å²) in [4.78, 5) is 22.1. The maximum atomic E-state index is 12.7. The van der Waals surface area contributed by atoms with Crippen molar-refractivity contribution in [2.75, 3.05) is 13.1 Å². The van der Waals surface area contributed by atoms with E-state index in [2.05, 4.69) is 27.0 Å². The van der Waals surface area contributed by atoms with Crippen molar-refractivity contribution in [3.05, 3.63) is 23.5 Å². The van der Waals surface area contributed by atoms with Crippen LogP contribution in [0.4, 0.5) is 5.82 Å². The number of likely N-dealkylation sites (tertiary alicyclic amines) is 1. The van der Waals surface area contributed by atoms with Crippen molar-refractivity contribution >= 4 is 23.8 Å². The zero-order valence-electron chi connectivity index (χ0n) is 13.7. The number of piperidine rings is 1. The molecule has 1 saturated carbocycles. The molecular formula is C17H19N7O. The second-order valence-electron chi connectivity index (χ2n) is 7.14. The van der Waals surface area contributed by atoms with Crippen molar-refractivity contribution in [1.82, 2.24) is 25.9 Å². The van der Waals surface area contributed by atoms with E-state index in [9.17, 15) is 10.1 Å². The third-order valence-electron chi connectivity index (χ3n) is 5.58. The number of aromatic nitrogens is 1. The van der Waals surface area contributed by atoms with Gasteiger partial charge >= 0.3 is 0 Å². The van der Waals surface area contributed by atoms with Crippen molar-refractivity contribution < 1.29 is 4.79 Å². The van der Waals surface area contributed by atoms with Gasteiger partial charge in [-0.3, -0.25) is 4.79 Å². The van der Waals surface area contributed by atoms with Crippen LogP contribution in [0.5, 0.6) is 0 Å². The van der Waals surface area contributed by atoms with Gasteiger partial charge in [-0.05, 0) is 31.7 Å². The van der Waals surface area contributed by atoms with Gasteiger partial charge in [0.15, 0.2) is 0 Å². The summed E-state index contributed by atoms with van der Waals surface area (Å²) >= 11 is 0. The molecule has 0 spiro atoms. The van der Waals surface area contributed by atoms with Crippen LogP contribution >= 0.6 is 0 Å². The average molecular weight is 337 g/mol. The molecule has 4 heterocycles. The molecule has 0 radical (unpaired) electrons. The highest BCUT2D eigenvalue weighted by Gasteiger charge is 2.53. The number of amides is 1. The van der Waals surface area contributed by atoms with E-state index in [1.165, 1.54) is 0 Å². The minimum absolute atomic E-state index is 0.0145. The molecular weight excluding hydrogens is 318 g/mol. The fraction of sp³-hybridized carbons (Fsp3) is 0.471. The van der Waals surface area contributed by atoms with E-state index < -0.39 is 5.41 Å². The Balaban J connectivity index is 1.44. The second-order valence-corrected chi connectivity index (χ2v) is 7.14. The van der Waals surface area contributed by atoms with Crippen LogP contribution in [0.3, 0.4) is 0 Å². The number of nitrogens with one attached hydrogen (secondary N) is 3. The number of hydrazine groups is 2. The van der Waals surface area contributed by atoms with Crippen LogP contribution in [0, 0.1) is 22.7 Å². The lowest BCUT2D eigenvalue weighted by atomic mass is 9.91. The maximum Gasteiger partial charge on any atom is 0.243 e. The number of carbonyl (C=O) groups excluding carboxylic acids is 1. The number of aliphatic imine (C=N–C) groups is 1. The summed E-state index contributed by atoms with van der Waals surface area (Å²) in [7, 11) is 0. The third-order valence-corrected chi connectivity index (χ3v) is 5.58. The maximum absolute atomic E-state index is 12.7. The van der Waals surface area contributed by atoms with E-state index in [0.717, 1.165) is 42.2 Å². The van der Waals surface area contributed by atoms with Crippen LogP contribution < -0.4 is 11.0 Å². The predicted octanol–water partition coefficient (Wildman–Crippen LogP) is 1.22. The Kier molecular flexibility index (Phi) is 2.97. The quantitative estimate of drug-likeness (QED) is 0.754. The summed E-state index contributed by atoms with van der Waals surface area (Å²) in [5.74, 6) is 1.08. The lowest BCUT2D eigenvalue weighted by molar-refractivity contribution is -0.136. The first kappa shape index (κ1) is 14.5. The average Bonchev–Trinajstić information content (AvgIpc) is 3.10. The zero-order chi connectivity index (χ0) is 17.0. The Morgan fingerprint density at radius 1 is 1.44 bits per heavy atom. The van der Waals surface area contributed by atoms with Gasteiger partial charge in [0.05, 0.1) is 17.5 Å². The van der Waals surface area contributed by atoms with E-state index >= 15 is 0 Å². The molecule has 1 atom stereocenters. The van der Waals surface area contributed by atoms with Crippen LogP contribution in [-0.2, 0) is 4.79 Å². The monoisotopic (exact) mass is 337 g/mol. The highest BCUT2D eigenvalue weighted by atomic mass is 16.2. The predicted molar refractivity (Wildman–Crippen MR) is 90.6 cm³/mol. The molecule has 1 aliphatic carbocycles. The Bertz CT molecular complexity index is 841. The summed E-state index contributed by atoms with van der Waals surface area (Å²) in [5, 5.41) is 11.2. The van der Waals surface area contributed by atoms with Crippen molar-refractivity contribution in [2.45, 2.75) is 25.7 Å². The molecule has 1 aromatic rings. The van der Waals surface area contributed by atoms with Crippen LogP contribution in [0.25, 0.3) is 5.70 Å². The Morgan fingerprint density at radius 2 is 2.32 bits per heavy atom. The van der Waals surface area contributed by atoms with E-state index in [1.807, 2.05) is 22.2 Å². The third kappa shape index (κ3) is 2.09. The second kappa shape index (κ2) is 5.10. The molecule has 1 aromatic heterocycles. The molecule has 8 nitrogen and oxygen atoms in total. The molecule has 8 heteroatoms. The first-order valence-corrected chi connectivity index (χ1v) is 8.69. The molecule has 0 unspecified atom stereocenters. The minimum atomic E-state index is -0.738. The summed E-state index contributed by atoms with van der Waals surface area (Å²) in [6, 6.07) is 4.25. The highest BCUT2D eigenvalue weighted by molar-refractivity contribution is 5.89. The van der Waals surface area contributed by atoms with Gasteiger partial charge < -0.3 is 15.3 Å². The smallest absolute Gasteiger partial charge is 0.243 e. The molecule has 4 aliphatic rings. The number of carbonyl (C=O) groups is 1.